The standard InChI is InChI=1S/C11H10N2O2/c14-10(15)6-2-4-8-3-1-5-9-11(8)13-7-12-9/h1-5,7H,6H2,(H,12,13)(H,14,15). The number of hydrogen-bond acceptors (Lipinski definition) is 2. The summed E-state index contributed by atoms with van der Waals surface area (Å²) in [5.41, 5.74) is 2.74. The maximum Gasteiger partial charge on any atom is 0.307 e. The van der Waals surface area contributed by atoms with Gasteiger partial charge in [-0.25, -0.2) is 4.98 Å². The molecule has 0 spiro atoms. The Kier molecular flexibility index (Phi) is 2.49. The number of hydrogen-bond donors (Lipinski definition) is 2. The lowest BCUT2D eigenvalue weighted by atomic mass is 10.1. The molecule has 0 aliphatic carbocycles. The van der Waals surface area contributed by atoms with Crippen LogP contribution in [0.4, 0.5) is 0 Å². The van der Waals surface area contributed by atoms with Gasteiger partial charge in [-0.2, -0.15) is 0 Å². The summed E-state index contributed by atoms with van der Waals surface area (Å²) in [6.07, 6.45) is 5.04. The first-order chi connectivity index (χ1) is 7.27. The lowest BCUT2D eigenvalue weighted by Gasteiger charge is -1.94. The Morgan fingerprint density at radius 1 is 1.53 bits per heavy atom. The minimum Gasteiger partial charge on any atom is -0.481 e. The van der Waals surface area contributed by atoms with E-state index in [1.807, 2.05) is 18.2 Å². The van der Waals surface area contributed by atoms with Crippen molar-refractivity contribution >= 4 is 23.1 Å². The molecule has 4 heteroatoms. The summed E-state index contributed by atoms with van der Waals surface area (Å²) in [4.78, 5) is 17.5. The molecule has 0 saturated carbocycles. The number of aromatic nitrogens is 2. The van der Waals surface area contributed by atoms with Gasteiger partial charge in [-0.3, -0.25) is 4.79 Å². The van der Waals surface area contributed by atoms with E-state index in [1.165, 1.54) is 0 Å². The molecule has 0 amide bonds. The number of para-hydroxylation sites is 1. The number of aliphatic carboxylic acids is 1. The predicted octanol–water partition coefficient (Wildman–Crippen LogP) is 2.05. The molecule has 1 heterocycles. The second kappa shape index (κ2) is 3.96. The molecule has 2 N–H and O–H groups in total. The SMILES string of the molecule is O=C(O)CC=Cc1cccc2[nH]cnc12. The van der Waals surface area contributed by atoms with Crippen molar-refractivity contribution in [3.8, 4) is 0 Å². The maximum atomic E-state index is 10.3. The third kappa shape index (κ3) is 2.04. The molecule has 2 aromatic rings. The average Bonchev–Trinajstić information content (AvgIpc) is 2.65. The van der Waals surface area contributed by atoms with Crippen molar-refractivity contribution in [1.82, 2.24) is 9.97 Å². The van der Waals surface area contributed by atoms with E-state index >= 15 is 0 Å². The monoisotopic (exact) mass is 202 g/mol. The van der Waals surface area contributed by atoms with E-state index in [0.29, 0.717) is 0 Å². The van der Waals surface area contributed by atoms with Gasteiger partial charge in [0.25, 0.3) is 0 Å². The van der Waals surface area contributed by atoms with Gasteiger partial charge in [0, 0.05) is 5.56 Å². The van der Waals surface area contributed by atoms with Crippen LogP contribution in [0.1, 0.15) is 12.0 Å². The summed E-state index contributed by atoms with van der Waals surface area (Å²) in [7, 11) is 0. The number of imidazole rings is 1. The molecule has 0 aliphatic rings. The third-order valence-corrected chi connectivity index (χ3v) is 2.07. The van der Waals surface area contributed by atoms with Crippen LogP contribution in [0.2, 0.25) is 0 Å². The van der Waals surface area contributed by atoms with Crippen LogP contribution >= 0.6 is 0 Å². The van der Waals surface area contributed by atoms with Gasteiger partial charge in [0.15, 0.2) is 0 Å². The van der Waals surface area contributed by atoms with E-state index < -0.39 is 5.97 Å². The number of carboxylic acid groups (broad SMARTS) is 1. The van der Waals surface area contributed by atoms with Crippen molar-refractivity contribution in [2.45, 2.75) is 6.42 Å². The van der Waals surface area contributed by atoms with Crippen molar-refractivity contribution in [3.05, 3.63) is 36.2 Å². The fourth-order valence-corrected chi connectivity index (χ4v) is 1.41. The highest BCUT2D eigenvalue weighted by Gasteiger charge is 1.99. The van der Waals surface area contributed by atoms with Gasteiger partial charge in [-0.15, -0.1) is 0 Å². The van der Waals surface area contributed by atoms with E-state index in [-0.39, 0.29) is 6.42 Å². The molecule has 0 bridgehead atoms. The number of fused-ring (bicyclic) bond motifs is 1. The molecule has 0 aliphatic heterocycles. The van der Waals surface area contributed by atoms with Crippen LogP contribution in [-0.2, 0) is 4.79 Å². The fourth-order valence-electron chi connectivity index (χ4n) is 1.41. The second-order valence-electron chi connectivity index (χ2n) is 3.15. The number of H-pyrrole nitrogens is 1. The average molecular weight is 202 g/mol. The number of nitrogens with one attached hydrogen (secondary N) is 1. The van der Waals surface area contributed by atoms with Gasteiger partial charge in [0.1, 0.15) is 0 Å². The molecular weight excluding hydrogens is 192 g/mol. The molecule has 15 heavy (non-hydrogen) atoms. The van der Waals surface area contributed by atoms with Crippen molar-refractivity contribution in [2.24, 2.45) is 0 Å². The highest BCUT2D eigenvalue weighted by molar-refractivity contribution is 5.84. The summed E-state index contributed by atoms with van der Waals surface area (Å²) >= 11 is 0. The Bertz CT molecular complexity index is 514. The van der Waals surface area contributed by atoms with E-state index in [9.17, 15) is 4.79 Å². The van der Waals surface area contributed by atoms with Crippen LogP contribution in [0.25, 0.3) is 17.1 Å². The molecule has 2 rings (SSSR count). The fraction of sp³-hybridized carbons (Fsp3) is 0.0909. The zero-order valence-corrected chi connectivity index (χ0v) is 7.97. The highest BCUT2D eigenvalue weighted by Crippen LogP contribution is 2.15. The highest BCUT2D eigenvalue weighted by atomic mass is 16.4. The van der Waals surface area contributed by atoms with Gasteiger partial charge in [0.2, 0.25) is 0 Å². The topological polar surface area (TPSA) is 66.0 Å². The molecule has 1 aromatic heterocycles. The van der Waals surface area contributed by atoms with E-state index in [1.54, 1.807) is 18.5 Å². The largest absolute Gasteiger partial charge is 0.481 e. The molecule has 76 valence electrons. The van der Waals surface area contributed by atoms with Gasteiger partial charge in [0.05, 0.1) is 23.8 Å². The zero-order chi connectivity index (χ0) is 10.7. The predicted molar refractivity (Wildman–Crippen MR) is 57.4 cm³/mol. The Morgan fingerprint density at radius 3 is 3.20 bits per heavy atom. The number of benzene rings is 1. The summed E-state index contributed by atoms with van der Waals surface area (Å²) in [6.45, 7) is 0. The van der Waals surface area contributed by atoms with Crippen LogP contribution in [0.15, 0.2) is 30.6 Å². The van der Waals surface area contributed by atoms with Crippen LogP contribution in [0.5, 0.6) is 0 Å². The van der Waals surface area contributed by atoms with Crippen molar-refractivity contribution in [3.63, 3.8) is 0 Å². The molecule has 0 radical (unpaired) electrons. The third-order valence-electron chi connectivity index (χ3n) is 2.07. The van der Waals surface area contributed by atoms with Crippen LogP contribution in [0.3, 0.4) is 0 Å². The summed E-state index contributed by atoms with van der Waals surface area (Å²) in [5.74, 6) is -0.833. The first-order valence-corrected chi connectivity index (χ1v) is 4.58. The van der Waals surface area contributed by atoms with Gasteiger partial charge < -0.3 is 10.1 Å². The zero-order valence-electron chi connectivity index (χ0n) is 7.97. The van der Waals surface area contributed by atoms with Crippen molar-refractivity contribution < 1.29 is 9.90 Å². The Balaban J connectivity index is 2.31. The number of nitrogens with zero attached hydrogens (tertiary/aromatic N) is 1. The summed E-state index contributed by atoms with van der Waals surface area (Å²) in [5, 5.41) is 8.49. The molecular formula is C11H10N2O2. The molecule has 0 saturated heterocycles. The Morgan fingerprint density at radius 2 is 2.40 bits per heavy atom. The van der Waals surface area contributed by atoms with Gasteiger partial charge >= 0.3 is 5.97 Å². The van der Waals surface area contributed by atoms with Gasteiger partial charge in [-0.1, -0.05) is 24.3 Å². The lowest BCUT2D eigenvalue weighted by Crippen LogP contribution is -1.89. The smallest absolute Gasteiger partial charge is 0.307 e. The maximum absolute atomic E-state index is 10.3. The van der Waals surface area contributed by atoms with E-state index in [4.69, 9.17) is 5.11 Å². The quantitative estimate of drug-likeness (QED) is 0.800. The first-order valence-electron chi connectivity index (χ1n) is 4.58. The van der Waals surface area contributed by atoms with Crippen molar-refractivity contribution in [2.75, 3.05) is 0 Å². The number of aromatic amines is 1. The second-order valence-corrected chi connectivity index (χ2v) is 3.15. The minimum atomic E-state index is -0.833. The number of carbonyl (C=O) groups is 1. The number of carboxylic acids is 1. The first kappa shape index (κ1) is 9.45. The molecule has 1 aromatic carbocycles. The Labute approximate surface area is 86.3 Å². The van der Waals surface area contributed by atoms with Crippen LogP contribution in [-0.4, -0.2) is 21.0 Å². The van der Waals surface area contributed by atoms with E-state index in [0.717, 1.165) is 16.6 Å². The van der Waals surface area contributed by atoms with Crippen LogP contribution in [0, 0.1) is 0 Å². The molecule has 4 nitrogen and oxygen atoms in total. The van der Waals surface area contributed by atoms with Crippen molar-refractivity contribution in [1.29, 1.82) is 0 Å². The molecule has 0 atom stereocenters. The minimum absolute atomic E-state index is 0.0286. The normalized spacial score (nSPS) is 11.2. The lowest BCUT2D eigenvalue weighted by molar-refractivity contribution is -0.135. The van der Waals surface area contributed by atoms with Gasteiger partial charge in [-0.05, 0) is 6.07 Å². The molecule has 0 unspecified atom stereocenters. The summed E-state index contributed by atoms with van der Waals surface area (Å²) in [6, 6.07) is 5.74. The molecule has 0 fully saturated rings. The Hall–Kier alpha value is -2.10. The number of rotatable bonds is 3. The summed E-state index contributed by atoms with van der Waals surface area (Å²) < 4.78 is 0. The van der Waals surface area contributed by atoms with E-state index in [2.05, 4.69) is 9.97 Å². The van der Waals surface area contributed by atoms with Crippen LogP contribution < -0.4 is 0 Å².